The fourth-order valence-corrected chi connectivity index (χ4v) is 4.41. The highest BCUT2D eigenvalue weighted by Gasteiger charge is 2.10. The van der Waals surface area contributed by atoms with E-state index in [0.29, 0.717) is 10.9 Å². The highest BCUT2D eigenvalue weighted by atomic mass is 32.2. The average Bonchev–Trinajstić information content (AvgIpc) is 3.40. The monoisotopic (exact) mass is 424 g/mol. The Labute approximate surface area is 175 Å². The Kier molecular flexibility index (Phi) is 6.02. The summed E-state index contributed by atoms with van der Waals surface area (Å²) in [6, 6.07) is 18.2. The molecule has 29 heavy (non-hydrogen) atoms. The molecule has 0 aliphatic heterocycles. The molecule has 8 heteroatoms. The molecule has 4 aromatic rings. The summed E-state index contributed by atoms with van der Waals surface area (Å²) in [7, 11) is 0. The molecular formula is C21H17FN4OS2. The first-order valence-electron chi connectivity index (χ1n) is 8.88. The van der Waals surface area contributed by atoms with Gasteiger partial charge in [-0.2, -0.15) is 0 Å². The van der Waals surface area contributed by atoms with Gasteiger partial charge in [0.2, 0.25) is 11.0 Å². The summed E-state index contributed by atoms with van der Waals surface area (Å²) in [6.45, 7) is 0. The molecular weight excluding hydrogens is 407 g/mol. The Morgan fingerprint density at radius 1 is 1.00 bits per heavy atom. The summed E-state index contributed by atoms with van der Waals surface area (Å²) in [5.74, 6) is 0.278. The predicted molar refractivity (Wildman–Crippen MR) is 114 cm³/mol. The van der Waals surface area contributed by atoms with Crippen molar-refractivity contribution in [2.75, 3.05) is 5.32 Å². The van der Waals surface area contributed by atoms with Crippen LogP contribution in [-0.4, -0.2) is 20.7 Å². The van der Waals surface area contributed by atoms with Gasteiger partial charge in [0.05, 0.1) is 6.42 Å². The van der Waals surface area contributed by atoms with Gasteiger partial charge < -0.3 is 9.88 Å². The van der Waals surface area contributed by atoms with Crippen molar-refractivity contribution in [2.24, 2.45) is 0 Å². The number of rotatable bonds is 7. The second-order valence-corrected chi connectivity index (χ2v) is 8.47. The number of thioether (sulfide) groups is 1. The molecule has 0 spiro atoms. The topological polar surface area (TPSA) is 59.8 Å². The molecule has 0 radical (unpaired) electrons. The average molecular weight is 425 g/mol. The zero-order chi connectivity index (χ0) is 20.1. The summed E-state index contributed by atoms with van der Waals surface area (Å²) < 4.78 is 15.7. The molecule has 1 amide bonds. The van der Waals surface area contributed by atoms with E-state index in [0.717, 1.165) is 21.2 Å². The SMILES string of the molecule is O=C(Cc1ccc(-n2cccc2)cc1)Nc1nnc(SCc2ccc(F)cc2)s1. The van der Waals surface area contributed by atoms with Gasteiger partial charge in [0, 0.05) is 23.8 Å². The molecule has 0 saturated heterocycles. The van der Waals surface area contributed by atoms with Crippen LogP contribution in [0.2, 0.25) is 0 Å². The van der Waals surface area contributed by atoms with Crippen molar-refractivity contribution in [3.63, 3.8) is 0 Å². The third-order valence-electron chi connectivity index (χ3n) is 4.13. The minimum atomic E-state index is -0.251. The van der Waals surface area contributed by atoms with E-state index in [1.165, 1.54) is 35.2 Å². The van der Waals surface area contributed by atoms with Gasteiger partial charge in [0.15, 0.2) is 4.34 Å². The molecule has 0 fully saturated rings. The van der Waals surface area contributed by atoms with E-state index in [-0.39, 0.29) is 18.1 Å². The van der Waals surface area contributed by atoms with Gasteiger partial charge >= 0.3 is 0 Å². The lowest BCUT2D eigenvalue weighted by molar-refractivity contribution is -0.115. The lowest BCUT2D eigenvalue weighted by Crippen LogP contribution is -2.14. The Hall–Kier alpha value is -2.97. The first-order chi connectivity index (χ1) is 14.2. The zero-order valence-corrected chi connectivity index (χ0v) is 16.9. The quantitative estimate of drug-likeness (QED) is 0.337. The normalized spacial score (nSPS) is 10.8. The number of carbonyl (C=O) groups is 1. The van der Waals surface area contributed by atoms with Crippen LogP contribution in [0, 0.1) is 5.82 Å². The van der Waals surface area contributed by atoms with E-state index in [9.17, 15) is 9.18 Å². The van der Waals surface area contributed by atoms with Gasteiger partial charge in [-0.25, -0.2) is 4.39 Å². The van der Waals surface area contributed by atoms with Crippen LogP contribution in [-0.2, 0) is 17.0 Å². The molecule has 2 heterocycles. The summed E-state index contributed by atoms with van der Waals surface area (Å²) in [4.78, 5) is 12.3. The molecule has 1 N–H and O–H groups in total. The third-order valence-corrected chi connectivity index (χ3v) is 6.18. The first-order valence-corrected chi connectivity index (χ1v) is 10.7. The fraction of sp³-hybridized carbons (Fsp3) is 0.0952. The molecule has 5 nitrogen and oxygen atoms in total. The van der Waals surface area contributed by atoms with Crippen LogP contribution in [0.4, 0.5) is 9.52 Å². The van der Waals surface area contributed by atoms with Crippen molar-refractivity contribution in [3.05, 3.63) is 90.0 Å². The largest absolute Gasteiger partial charge is 0.324 e. The van der Waals surface area contributed by atoms with Crippen LogP contribution < -0.4 is 5.32 Å². The van der Waals surface area contributed by atoms with Crippen LogP contribution in [0.25, 0.3) is 5.69 Å². The van der Waals surface area contributed by atoms with Gasteiger partial charge in [-0.3, -0.25) is 4.79 Å². The van der Waals surface area contributed by atoms with E-state index in [2.05, 4.69) is 15.5 Å². The second kappa shape index (κ2) is 9.02. The molecule has 4 rings (SSSR count). The molecule has 0 bridgehead atoms. The van der Waals surface area contributed by atoms with Crippen LogP contribution in [0.5, 0.6) is 0 Å². The second-order valence-electron chi connectivity index (χ2n) is 6.27. The molecule has 0 saturated carbocycles. The number of benzene rings is 2. The first kappa shape index (κ1) is 19.4. The Morgan fingerprint density at radius 3 is 2.41 bits per heavy atom. The highest BCUT2D eigenvalue weighted by molar-refractivity contribution is 8.00. The number of halogens is 1. The van der Waals surface area contributed by atoms with Crippen molar-refractivity contribution in [1.29, 1.82) is 0 Å². The number of aromatic nitrogens is 3. The minimum Gasteiger partial charge on any atom is -0.324 e. The molecule has 0 aliphatic rings. The molecule has 2 aromatic heterocycles. The number of carbonyl (C=O) groups excluding carboxylic acids is 1. The zero-order valence-electron chi connectivity index (χ0n) is 15.3. The maximum atomic E-state index is 12.9. The molecule has 0 unspecified atom stereocenters. The number of hydrogen-bond donors (Lipinski definition) is 1. The van der Waals surface area contributed by atoms with Crippen LogP contribution in [0.1, 0.15) is 11.1 Å². The molecule has 2 aromatic carbocycles. The lowest BCUT2D eigenvalue weighted by atomic mass is 10.1. The van der Waals surface area contributed by atoms with Crippen molar-refractivity contribution in [3.8, 4) is 5.69 Å². The summed E-state index contributed by atoms with van der Waals surface area (Å²) in [6.07, 6.45) is 4.22. The standard InChI is InChI=1S/C21H17FN4OS2/c22-17-7-3-16(4-8-17)14-28-21-25-24-20(29-21)23-19(27)13-15-5-9-18(10-6-15)26-11-1-2-12-26/h1-12H,13-14H2,(H,23,24,27). The molecule has 146 valence electrons. The fourth-order valence-electron chi connectivity index (χ4n) is 2.69. The van der Waals surface area contributed by atoms with E-state index in [4.69, 9.17) is 0 Å². The third kappa shape index (κ3) is 5.30. The van der Waals surface area contributed by atoms with Gasteiger partial charge in [-0.05, 0) is 47.5 Å². The van der Waals surface area contributed by atoms with Crippen molar-refractivity contribution >= 4 is 34.1 Å². The Morgan fingerprint density at radius 2 is 1.69 bits per heavy atom. The number of hydrogen-bond acceptors (Lipinski definition) is 5. The lowest BCUT2D eigenvalue weighted by Gasteiger charge is -2.05. The molecule has 0 aliphatic carbocycles. The van der Waals surface area contributed by atoms with E-state index in [1.807, 2.05) is 53.4 Å². The van der Waals surface area contributed by atoms with Gasteiger partial charge in [-0.1, -0.05) is 47.4 Å². The Bertz CT molecular complexity index is 1080. The van der Waals surface area contributed by atoms with Crippen LogP contribution >= 0.6 is 23.1 Å². The van der Waals surface area contributed by atoms with Crippen molar-refractivity contribution in [1.82, 2.24) is 14.8 Å². The van der Waals surface area contributed by atoms with Crippen molar-refractivity contribution < 1.29 is 9.18 Å². The molecule has 0 atom stereocenters. The predicted octanol–water partition coefficient (Wildman–Crippen LogP) is 4.94. The van der Waals surface area contributed by atoms with Crippen LogP contribution in [0.3, 0.4) is 0 Å². The number of anilines is 1. The Balaban J connectivity index is 1.29. The van der Waals surface area contributed by atoms with Gasteiger partial charge in [0.1, 0.15) is 5.82 Å². The number of amides is 1. The number of nitrogens with one attached hydrogen (secondary N) is 1. The van der Waals surface area contributed by atoms with Crippen molar-refractivity contribution in [2.45, 2.75) is 16.5 Å². The van der Waals surface area contributed by atoms with E-state index >= 15 is 0 Å². The summed E-state index contributed by atoms with van der Waals surface area (Å²) in [5, 5.41) is 11.4. The summed E-state index contributed by atoms with van der Waals surface area (Å²) >= 11 is 2.83. The van der Waals surface area contributed by atoms with Gasteiger partial charge in [-0.15, -0.1) is 10.2 Å². The van der Waals surface area contributed by atoms with Crippen LogP contribution in [0.15, 0.2) is 77.4 Å². The van der Waals surface area contributed by atoms with E-state index < -0.39 is 0 Å². The van der Waals surface area contributed by atoms with E-state index in [1.54, 1.807) is 12.1 Å². The highest BCUT2D eigenvalue weighted by Crippen LogP contribution is 2.28. The minimum absolute atomic E-state index is 0.134. The van der Waals surface area contributed by atoms with Gasteiger partial charge in [0.25, 0.3) is 0 Å². The smallest absolute Gasteiger partial charge is 0.230 e. The number of nitrogens with zero attached hydrogens (tertiary/aromatic N) is 3. The maximum Gasteiger partial charge on any atom is 0.230 e. The summed E-state index contributed by atoms with van der Waals surface area (Å²) in [5.41, 5.74) is 2.97. The maximum absolute atomic E-state index is 12.9.